The van der Waals surface area contributed by atoms with Crippen molar-refractivity contribution < 1.29 is 4.79 Å². The number of piperidine rings is 1. The standard InChI is InChI=1S/C18H30N4O.ClH/c1-4-6-18(2)7-5-8-22(13-18)17(23)16-11-19-10-15(16)14-9-20-21(3)12-14;/h9,12,15-16,19H,4-8,10-11,13H2,1-3H3;1H/t15-,16+,18?;/m1./s1. The molecule has 1 aromatic heterocycles. The molecule has 2 aliphatic rings. The van der Waals surface area contributed by atoms with Crippen molar-refractivity contribution in [2.24, 2.45) is 18.4 Å². The van der Waals surface area contributed by atoms with E-state index in [0.29, 0.717) is 11.3 Å². The number of aromatic nitrogens is 2. The van der Waals surface area contributed by atoms with E-state index >= 15 is 0 Å². The molecule has 24 heavy (non-hydrogen) atoms. The summed E-state index contributed by atoms with van der Waals surface area (Å²) in [6.45, 7) is 8.11. The van der Waals surface area contributed by atoms with Crippen molar-refractivity contribution in [1.29, 1.82) is 0 Å². The molecule has 2 saturated heterocycles. The highest BCUT2D eigenvalue weighted by atomic mass is 35.5. The SMILES string of the molecule is CCCC1(C)CCCN(C(=O)[C@H]2CNC[C@@H]2c2cnn(C)c2)C1.Cl. The Kier molecular flexibility index (Phi) is 6.32. The number of nitrogens with one attached hydrogen (secondary N) is 1. The Hall–Kier alpha value is -1.07. The van der Waals surface area contributed by atoms with E-state index in [4.69, 9.17) is 0 Å². The normalized spacial score (nSPS) is 30.2. The molecule has 1 unspecified atom stereocenters. The zero-order chi connectivity index (χ0) is 16.4. The van der Waals surface area contributed by atoms with E-state index in [1.807, 2.05) is 17.9 Å². The molecule has 3 rings (SSSR count). The van der Waals surface area contributed by atoms with E-state index in [0.717, 1.165) is 32.6 Å². The molecule has 1 N–H and O–H groups in total. The number of hydrogen-bond acceptors (Lipinski definition) is 3. The topological polar surface area (TPSA) is 50.2 Å². The highest BCUT2D eigenvalue weighted by molar-refractivity contribution is 5.85. The van der Waals surface area contributed by atoms with Crippen LogP contribution in [0.5, 0.6) is 0 Å². The van der Waals surface area contributed by atoms with Gasteiger partial charge < -0.3 is 10.2 Å². The van der Waals surface area contributed by atoms with Crippen LogP contribution >= 0.6 is 12.4 Å². The van der Waals surface area contributed by atoms with Gasteiger partial charge >= 0.3 is 0 Å². The van der Waals surface area contributed by atoms with Gasteiger partial charge in [-0.1, -0.05) is 20.3 Å². The van der Waals surface area contributed by atoms with Crippen molar-refractivity contribution in [3.05, 3.63) is 18.0 Å². The molecule has 5 nitrogen and oxygen atoms in total. The average Bonchev–Trinajstić information content (AvgIpc) is 3.14. The Morgan fingerprint density at radius 3 is 2.92 bits per heavy atom. The number of nitrogens with zero attached hydrogens (tertiary/aromatic N) is 3. The van der Waals surface area contributed by atoms with Gasteiger partial charge in [-0.05, 0) is 30.2 Å². The highest BCUT2D eigenvalue weighted by Crippen LogP contribution is 2.36. The minimum absolute atomic E-state index is 0. The van der Waals surface area contributed by atoms with Gasteiger partial charge in [0.25, 0.3) is 0 Å². The summed E-state index contributed by atoms with van der Waals surface area (Å²) in [6, 6.07) is 0. The van der Waals surface area contributed by atoms with Gasteiger partial charge in [0.2, 0.25) is 5.91 Å². The number of amides is 1. The fourth-order valence-electron chi connectivity index (χ4n) is 4.47. The monoisotopic (exact) mass is 354 g/mol. The number of likely N-dealkylation sites (tertiary alicyclic amines) is 1. The van der Waals surface area contributed by atoms with E-state index in [1.165, 1.54) is 24.8 Å². The molecule has 1 aromatic rings. The maximum Gasteiger partial charge on any atom is 0.227 e. The van der Waals surface area contributed by atoms with E-state index in [1.54, 1.807) is 0 Å². The zero-order valence-electron chi connectivity index (χ0n) is 15.1. The summed E-state index contributed by atoms with van der Waals surface area (Å²) in [4.78, 5) is 15.3. The van der Waals surface area contributed by atoms with Crippen LogP contribution in [0.1, 0.15) is 51.0 Å². The number of rotatable bonds is 4. The summed E-state index contributed by atoms with van der Waals surface area (Å²) in [6.07, 6.45) is 8.76. The summed E-state index contributed by atoms with van der Waals surface area (Å²) in [5.41, 5.74) is 1.49. The van der Waals surface area contributed by atoms with Gasteiger partial charge in [-0.25, -0.2) is 0 Å². The minimum atomic E-state index is 0. The van der Waals surface area contributed by atoms with Crippen molar-refractivity contribution in [2.45, 2.75) is 45.4 Å². The van der Waals surface area contributed by atoms with Crippen LogP contribution in [-0.2, 0) is 11.8 Å². The van der Waals surface area contributed by atoms with E-state index in [-0.39, 0.29) is 24.2 Å². The summed E-state index contributed by atoms with van der Waals surface area (Å²) < 4.78 is 1.83. The summed E-state index contributed by atoms with van der Waals surface area (Å²) in [5, 5.41) is 7.69. The molecule has 0 spiro atoms. The Morgan fingerprint density at radius 2 is 2.25 bits per heavy atom. The quantitative estimate of drug-likeness (QED) is 0.904. The molecule has 136 valence electrons. The maximum absolute atomic E-state index is 13.1. The average molecular weight is 355 g/mol. The van der Waals surface area contributed by atoms with Crippen LogP contribution in [0.25, 0.3) is 0 Å². The van der Waals surface area contributed by atoms with E-state index in [9.17, 15) is 4.79 Å². The van der Waals surface area contributed by atoms with E-state index < -0.39 is 0 Å². The first-order valence-electron chi connectivity index (χ1n) is 9.00. The van der Waals surface area contributed by atoms with Crippen LogP contribution in [0.4, 0.5) is 0 Å². The van der Waals surface area contributed by atoms with Gasteiger partial charge in [0.05, 0.1) is 12.1 Å². The fourth-order valence-corrected chi connectivity index (χ4v) is 4.47. The molecule has 3 atom stereocenters. The van der Waals surface area contributed by atoms with Crippen LogP contribution in [0.15, 0.2) is 12.4 Å². The largest absolute Gasteiger partial charge is 0.342 e. The molecule has 6 heteroatoms. The molecule has 0 aliphatic carbocycles. The van der Waals surface area contributed by atoms with Gasteiger partial charge in [-0.3, -0.25) is 9.48 Å². The Morgan fingerprint density at radius 1 is 1.46 bits per heavy atom. The molecule has 2 fully saturated rings. The summed E-state index contributed by atoms with van der Waals surface area (Å²) in [7, 11) is 1.93. The van der Waals surface area contributed by atoms with Crippen molar-refractivity contribution in [1.82, 2.24) is 20.0 Å². The molecule has 3 heterocycles. The first-order chi connectivity index (χ1) is 11.0. The lowest BCUT2D eigenvalue weighted by atomic mass is 9.77. The highest BCUT2D eigenvalue weighted by Gasteiger charge is 2.40. The third kappa shape index (κ3) is 3.94. The maximum atomic E-state index is 13.1. The van der Waals surface area contributed by atoms with Crippen molar-refractivity contribution in [2.75, 3.05) is 26.2 Å². The van der Waals surface area contributed by atoms with Crippen molar-refractivity contribution >= 4 is 18.3 Å². The van der Waals surface area contributed by atoms with Gasteiger partial charge in [-0.2, -0.15) is 5.10 Å². The summed E-state index contributed by atoms with van der Waals surface area (Å²) >= 11 is 0. The molecule has 0 radical (unpaired) electrons. The molecular weight excluding hydrogens is 324 g/mol. The number of halogens is 1. The molecule has 2 aliphatic heterocycles. The molecule has 0 aromatic carbocycles. The number of aryl methyl sites for hydroxylation is 1. The third-order valence-corrected chi connectivity index (χ3v) is 5.63. The third-order valence-electron chi connectivity index (χ3n) is 5.63. The van der Waals surface area contributed by atoms with Crippen molar-refractivity contribution in [3.8, 4) is 0 Å². The van der Waals surface area contributed by atoms with Crippen LogP contribution in [0.3, 0.4) is 0 Å². The van der Waals surface area contributed by atoms with Gasteiger partial charge in [0.15, 0.2) is 0 Å². The second kappa shape index (κ2) is 7.87. The second-order valence-corrected chi connectivity index (χ2v) is 7.74. The Bertz CT molecular complexity index is 557. The first kappa shape index (κ1) is 19.3. The van der Waals surface area contributed by atoms with Gasteiger partial charge in [-0.15, -0.1) is 12.4 Å². The minimum Gasteiger partial charge on any atom is -0.342 e. The van der Waals surface area contributed by atoms with Gasteiger partial charge in [0, 0.05) is 45.3 Å². The second-order valence-electron chi connectivity index (χ2n) is 7.74. The Balaban J connectivity index is 0.00000208. The smallest absolute Gasteiger partial charge is 0.227 e. The molecular formula is C18H31ClN4O. The van der Waals surface area contributed by atoms with Crippen LogP contribution < -0.4 is 5.32 Å². The van der Waals surface area contributed by atoms with Crippen LogP contribution in [-0.4, -0.2) is 46.8 Å². The first-order valence-corrected chi connectivity index (χ1v) is 9.00. The van der Waals surface area contributed by atoms with Crippen molar-refractivity contribution in [3.63, 3.8) is 0 Å². The lowest BCUT2D eigenvalue weighted by molar-refractivity contribution is -0.138. The van der Waals surface area contributed by atoms with Crippen LogP contribution in [0.2, 0.25) is 0 Å². The number of carbonyl (C=O) groups is 1. The van der Waals surface area contributed by atoms with Crippen LogP contribution in [0, 0.1) is 11.3 Å². The van der Waals surface area contributed by atoms with E-state index in [2.05, 4.69) is 35.4 Å². The molecule has 0 bridgehead atoms. The zero-order valence-corrected chi connectivity index (χ0v) is 15.9. The molecule has 1 amide bonds. The van der Waals surface area contributed by atoms with Gasteiger partial charge in [0.1, 0.15) is 0 Å². The number of carbonyl (C=O) groups excluding carboxylic acids is 1. The number of hydrogen-bond donors (Lipinski definition) is 1. The Labute approximate surface area is 151 Å². The predicted molar refractivity (Wildman–Crippen MR) is 98.4 cm³/mol. The fraction of sp³-hybridized carbons (Fsp3) is 0.778. The predicted octanol–water partition coefficient (Wildman–Crippen LogP) is 2.57. The lowest BCUT2D eigenvalue weighted by Gasteiger charge is -2.42. The molecule has 0 saturated carbocycles. The lowest BCUT2D eigenvalue weighted by Crippen LogP contribution is -2.48. The summed E-state index contributed by atoms with van der Waals surface area (Å²) in [5.74, 6) is 0.657.